The number of nitrogens with zero attached hydrogens (tertiary/aromatic N) is 1. The van der Waals surface area contributed by atoms with Gasteiger partial charge in [0.2, 0.25) is 0 Å². The van der Waals surface area contributed by atoms with Gasteiger partial charge < -0.3 is 14.2 Å². The average Bonchev–Trinajstić information content (AvgIpc) is 3.01. The molecule has 0 aliphatic carbocycles. The number of carbonyl (C=O) groups is 3. The van der Waals surface area contributed by atoms with Crippen LogP contribution in [0.4, 0.5) is 4.79 Å². The summed E-state index contributed by atoms with van der Waals surface area (Å²) in [5, 5.41) is -0.519. The highest BCUT2D eigenvalue weighted by atomic mass is 79.9. The Kier molecular flexibility index (Phi) is 8.38. The maximum atomic E-state index is 12.6. The Hall–Kier alpha value is -2.30. The molecule has 168 valence electrons. The molecule has 0 atom stereocenters. The molecular formula is C22H19Br2NO6S. The number of methoxy groups -OCH3 is 1. The van der Waals surface area contributed by atoms with Crippen molar-refractivity contribution in [3.05, 3.63) is 61.4 Å². The van der Waals surface area contributed by atoms with Gasteiger partial charge in [-0.2, -0.15) is 0 Å². The van der Waals surface area contributed by atoms with E-state index in [1.165, 1.54) is 7.11 Å². The van der Waals surface area contributed by atoms with Gasteiger partial charge in [-0.15, -0.1) is 0 Å². The van der Waals surface area contributed by atoms with Crippen molar-refractivity contribution < 1.29 is 28.6 Å². The van der Waals surface area contributed by atoms with Crippen molar-refractivity contribution in [2.24, 2.45) is 0 Å². The molecule has 0 saturated carbocycles. The Labute approximate surface area is 206 Å². The van der Waals surface area contributed by atoms with Crippen LogP contribution in [0.1, 0.15) is 18.1 Å². The molecule has 0 unspecified atom stereocenters. The normalized spacial score (nSPS) is 14.8. The quantitative estimate of drug-likeness (QED) is 0.303. The van der Waals surface area contributed by atoms with Crippen LogP contribution in [0.2, 0.25) is 0 Å². The number of carbonyl (C=O) groups excluding carboxylic acids is 3. The fourth-order valence-corrected chi connectivity index (χ4v) is 4.50. The van der Waals surface area contributed by atoms with E-state index in [2.05, 4.69) is 31.9 Å². The van der Waals surface area contributed by atoms with Crippen molar-refractivity contribution >= 4 is 66.8 Å². The number of benzene rings is 2. The lowest BCUT2D eigenvalue weighted by atomic mass is 10.1. The molecule has 1 saturated heterocycles. The molecular weight excluding hydrogens is 566 g/mol. The van der Waals surface area contributed by atoms with E-state index < -0.39 is 23.7 Å². The number of amides is 2. The molecule has 7 nitrogen and oxygen atoms in total. The fourth-order valence-electron chi connectivity index (χ4n) is 2.82. The number of thioether (sulfide) groups is 1. The molecule has 2 aromatic rings. The number of rotatable bonds is 8. The van der Waals surface area contributed by atoms with E-state index in [1.807, 2.05) is 24.3 Å². The van der Waals surface area contributed by atoms with Gasteiger partial charge in [0, 0.05) is 4.47 Å². The Morgan fingerprint density at radius 2 is 1.88 bits per heavy atom. The van der Waals surface area contributed by atoms with Crippen LogP contribution in [-0.2, 0) is 20.9 Å². The number of hydrogen-bond donors (Lipinski definition) is 0. The Balaban J connectivity index is 1.78. The van der Waals surface area contributed by atoms with E-state index in [4.69, 9.17) is 14.2 Å². The molecule has 1 aliphatic rings. The van der Waals surface area contributed by atoms with Crippen molar-refractivity contribution in [3.63, 3.8) is 0 Å². The third kappa shape index (κ3) is 5.93. The zero-order chi connectivity index (χ0) is 23.3. The highest BCUT2D eigenvalue weighted by molar-refractivity contribution is 9.10. The maximum absolute atomic E-state index is 12.6. The predicted octanol–water partition coefficient (Wildman–Crippen LogP) is 5.40. The summed E-state index contributed by atoms with van der Waals surface area (Å²) in [6.45, 7) is 1.76. The van der Waals surface area contributed by atoms with Gasteiger partial charge in [0.1, 0.15) is 13.2 Å². The van der Waals surface area contributed by atoms with E-state index in [1.54, 1.807) is 25.1 Å². The standard InChI is InChI=1S/C22H19Br2NO6S/c1-3-30-19(26)11-25-21(27)18(32-22(25)28)10-14-8-16(24)20(17(9-14)29-2)31-12-13-4-6-15(23)7-5-13/h4-10H,3,11-12H2,1-2H3/b18-10-. The predicted molar refractivity (Wildman–Crippen MR) is 128 cm³/mol. The zero-order valence-corrected chi connectivity index (χ0v) is 21.2. The van der Waals surface area contributed by atoms with E-state index in [0.29, 0.717) is 28.1 Å². The molecule has 32 heavy (non-hydrogen) atoms. The highest BCUT2D eigenvalue weighted by Gasteiger charge is 2.36. The van der Waals surface area contributed by atoms with Gasteiger partial charge in [0.25, 0.3) is 11.1 Å². The second-order valence-electron chi connectivity index (χ2n) is 6.52. The monoisotopic (exact) mass is 583 g/mol. The van der Waals surface area contributed by atoms with Crippen molar-refractivity contribution in [2.75, 3.05) is 20.3 Å². The van der Waals surface area contributed by atoms with Crippen LogP contribution >= 0.6 is 43.6 Å². The average molecular weight is 585 g/mol. The summed E-state index contributed by atoms with van der Waals surface area (Å²) in [6.07, 6.45) is 1.57. The minimum Gasteiger partial charge on any atom is -0.493 e. The van der Waals surface area contributed by atoms with Gasteiger partial charge in [-0.25, -0.2) is 0 Å². The summed E-state index contributed by atoms with van der Waals surface area (Å²) in [4.78, 5) is 37.5. The van der Waals surface area contributed by atoms with Crippen molar-refractivity contribution in [1.29, 1.82) is 0 Å². The van der Waals surface area contributed by atoms with Crippen LogP contribution in [-0.4, -0.2) is 42.3 Å². The molecule has 0 aromatic heterocycles. The molecule has 3 rings (SSSR count). The minimum absolute atomic E-state index is 0.176. The van der Waals surface area contributed by atoms with Gasteiger partial charge in [0.05, 0.1) is 23.1 Å². The first-order valence-electron chi connectivity index (χ1n) is 9.48. The molecule has 0 bridgehead atoms. The molecule has 0 radical (unpaired) electrons. The summed E-state index contributed by atoms with van der Waals surface area (Å²) in [7, 11) is 1.52. The number of ether oxygens (including phenoxy) is 3. The fraction of sp³-hybridized carbons (Fsp3) is 0.227. The first-order valence-corrected chi connectivity index (χ1v) is 11.9. The molecule has 2 amide bonds. The SMILES string of the molecule is CCOC(=O)CN1C(=O)S/C(=C\c2cc(Br)c(OCc3ccc(Br)cc3)c(OC)c2)C1=O. The third-order valence-electron chi connectivity index (χ3n) is 4.31. The van der Waals surface area contributed by atoms with E-state index >= 15 is 0 Å². The number of imide groups is 1. The first kappa shape index (κ1) is 24.3. The zero-order valence-electron chi connectivity index (χ0n) is 17.2. The smallest absolute Gasteiger partial charge is 0.326 e. The molecule has 1 aliphatic heterocycles. The summed E-state index contributed by atoms with van der Waals surface area (Å²) < 4.78 is 17.8. The second-order valence-corrected chi connectivity index (χ2v) is 9.29. The molecule has 0 N–H and O–H groups in total. The van der Waals surface area contributed by atoms with Crippen LogP contribution in [0.15, 0.2) is 50.2 Å². The molecule has 0 spiro atoms. The second kappa shape index (κ2) is 11.0. The minimum atomic E-state index is -0.632. The summed E-state index contributed by atoms with van der Waals surface area (Å²) in [5.74, 6) is -0.192. The molecule has 2 aromatic carbocycles. The van der Waals surface area contributed by atoms with Crippen LogP contribution in [0.3, 0.4) is 0 Å². The van der Waals surface area contributed by atoms with Crippen LogP contribution in [0, 0.1) is 0 Å². The highest BCUT2D eigenvalue weighted by Crippen LogP contribution is 2.39. The Morgan fingerprint density at radius 1 is 1.16 bits per heavy atom. The summed E-state index contributed by atoms with van der Waals surface area (Å²) in [6, 6.07) is 11.2. The van der Waals surface area contributed by atoms with Gasteiger partial charge in [0.15, 0.2) is 11.5 Å². The number of hydrogen-bond acceptors (Lipinski definition) is 7. The molecule has 10 heteroatoms. The van der Waals surface area contributed by atoms with E-state index in [-0.39, 0.29) is 11.5 Å². The van der Waals surface area contributed by atoms with Gasteiger partial charge in [-0.3, -0.25) is 19.3 Å². The van der Waals surface area contributed by atoms with Crippen LogP contribution in [0.5, 0.6) is 11.5 Å². The van der Waals surface area contributed by atoms with E-state index in [0.717, 1.165) is 26.7 Å². The third-order valence-corrected chi connectivity index (χ3v) is 6.34. The van der Waals surface area contributed by atoms with E-state index in [9.17, 15) is 14.4 Å². The number of halogens is 2. The van der Waals surface area contributed by atoms with Crippen molar-refractivity contribution in [2.45, 2.75) is 13.5 Å². The largest absolute Gasteiger partial charge is 0.493 e. The lowest BCUT2D eigenvalue weighted by Gasteiger charge is -2.14. The first-order chi connectivity index (χ1) is 15.3. The van der Waals surface area contributed by atoms with Crippen molar-refractivity contribution in [1.82, 2.24) is 4.90 Å². The summed E-state index contributed by atoms with van der Waals surface area (Å²) >= 11 is 7.66. The maximum Gasteiger partial charge on any atom is 0.326 e. The van der Waals surface area contributed by atoms with Crippen LogP contribution in [0.25, 0.3) is 6.08 Å². The lowest BCUT2D eigenvalue weighted by molar-refractivity contribution is -0.145. The number of esters is 1. The van der Waals surface area contributed by atoms with Crippen molar-refractivity contribution in [3.8, 4) is 11.5 Å². The van der Waals surface area contributed by atoms with Gasteiger partial charge in [-0.1, -0.05) is 28.1 Å². The van der Waals surface area contributed by atoms with Gasteiger partial charge >= 0.3 is 5.97 Å². The summed E-state index contributed by atoms with van der Waals surface area (Å²) in [5.41, 5.74) is 1.62. The van der Waals surface area contributed by atoms with Crippen LogP contribution < -0.4 is 9.47 Å². The molecule has 1 heterocycles. The topological polar surface area (TPSA) is 82.1 Å². The Morgan fingerprint density at radius 3 is 2.53 bits per heavy atom. The molecule has 1 fully saturated rings. The van der Waals surface area contributed by atoms with Gasteiger partial charge in [-0.05, 0) is 76.1 Å². The lowest BCUT2D eigenvalue weighted by Crippen LogP contribution is -2.34. The Bertz CT molecular complexity index is 1070.